The fourth-order valence-corrected chi connectivity index (χ4v) is 4.07. The standard InChI is InChI=1S/C23H20N2O3S/c1-3-28-17-10-6-9-16(14-17)24-21-20(19-12-7-13-29-19)22(26)25(23(21)27)18-11-5-4-8-15(18)2/h4-14,24H,3H2,1-2H3. The topological polar surface area (TPSA) is 58.6 Å². The predicted molar refractivity (Wildman–Crippen MR) is 116 cm³/mol. The second kappa shape index (κ2) is 7.93. The quantitative estimate of drug-likeness (QED) is 0.597. The Kier molecular flexibility index (Phi) is 5.18. The molecule has 6 heteroatoms. The van der Waals surface area contributed by atoms with Gasteiger partial charge in [0, 0.05) is 16.6 Å². The van der Waals surface area contributed by atoms with Crippen LogP contribution in [-0.2, 0) is 9.59 Å². The predicted octanol–water partition coefficient (Wildman–Crippen LogP) is 4.85. The first-order chi connectivity index (χ1) is 14.1. The Bertz CT molecular complexity index is 1100. The van der Waals surface area contributed by atoms with E-state index in [1.807, 2.05) is 73.8 Å². The van der Waals surface area contributed by atoms with E-state index in [1.54, 1.807) is 6.07 Å². The Hall–Kier alpha value is -3.38. The van der Waals surface area contributed by atoms with E-state index < -0.39 is 0 Å². The van der Waals surface area contributed by atoms with Crippen molar-refractivity contribution < 1.29 is 14.3 Å². The molecule has 0 saturated heterocycles. The van der Waals surface area contributed by atoms with Crippen molar-refractivity contribution >= 4 is 40.1 Å². The Morgan fingerprint density at radius 3 is 2.55 bits per heavy atom. The van der Waals surface area contributed by atoms with Gasteiger partial charge in [-0.3, -0.25) is 9.59 Å². The zero-order chi connectivity index (χ0) is 20.4. The number of hydrogen-bond acceptors (Lipinski definition) is 5. The molecule has 0 unspecified atom stereocenters. The van der Waals surface area contributed by atoms with Crippen molar-refractivity contribution in [1.82, 2.24) is 0 Å². The first kappa shape index (κ1) is 19.0. The second-order valence-corrected chi connectivity index (χ2v) is 7.49. The number of rotatable bonds is 6. The van der Waals surface area contributed by atoms with E-state index in [9.17, 15) is 9.59 Å². The Balaban J connectivity index is 1.78. The molecule has 0 fully saturated rings. The van der Waals surface area contributed by atoms with Crippen LogP contribution in [0.1, 0.15) is 17.4 Å². The van der Waals surface area contributed by atoms with Gasteiger partial charge < -0.3 is 10.1 Å². The summed E-state index contributed by atoms with van der Waals surface area (Å²) in [6.07, 6.45) is 0. The highest BCUT2D eigenvalue weighted by molar-refractivity contribution is 7.11. The lowest BCUT2D eigenvalue weighted by atomic mass is 10.1. The molecular weight excluding hydrogens is 384 g/mol. The zero-order valence-electron chi connectivity index (χ0n) is 16.1. The van der Waals surface area contributed by atoms with Gasteiger partial charge in [0.25, 0.3) is 11.8 Å². The number of benzene rings is 2. The molecule has 0 radical (unpaired) electrons. The highest BCUT2D eigenvalue weighted by atomic mass is 32.1. The Morgan fingerprint density at radius 1 is 1.00 bits per heavy atom. The minimum absolute atomic E-state index is 0.273. The molecule has 0 aliphatic carbocycles. The summed E-state index contributed by atoms with van der Waals surface area (Å²) in [4.78, 5) is 28.7. The molecule has 1 aliphatic heterocycles. The molecule has 5 nitrogen and oxygen atoms in total. The molecule has 0 saturated carbocycles. The average Bonchev–Trinajstić information content (AvgIpc) is 3.31. The molecule has 0 atom stereocenters. The highest BCUT2D eigenvalue weighted by Gasteiger charge is 2.41. The summed E-state index contributed by atoms with van der Waals surface area (Å²) in [5.74, 6) is 0.00744. The molecular formula is C23H20N2O3S. The van der Waals surface area contributed by atoms with Crippen LogP contribution in [0, 0.1) is 6.92 Å². The molecule has 1 aliphatic rings. The maximum absolute atomic E-state index is 13.3. The molecule has 0 spiro atoms. The molecule has 3 aromatic rings. The number of imide groups is 1. The maximum atomic E-state index is 13.3. The summed E-state index contributed by atoms with van der Waals surface area (Å²) in [7, 11) is 0. The third kappa shape index (κ3) is 3.54. The van der Waals surface area contributed by atoms with Gasteiger partial charge in [-0.05, 0) is 49.1 Å². The van der Waals surface area contributed by atoms with Gasteiger partial charge in [-0.15, -0.1) is 11.3 Å². The number of nitrogens with one attached hydrogen (secondary N) is 1. The number of carbonyl (C=O) groups excluding carboxylic acids is 2. The van der Waals surface area contributed by atoms with Crippen molar-refractivity contribution in [3.63, 3.8) is 0 Å². The summed E-state index contributed by atoms with van der Waals surface area (Å²) in [5.41, 5.74) is 2.80. The van der Waals surface area contributed by atoms with Gasteiger partial charge in [0.05, 0.1) is 17.9 Å². The summed E-state index contributed by atoms with van der Waals surface area (Å²) in [5, 5.41) is 5.06. The van der Waals surface area contributed by atoms with Crippen molar-refractivity contribution in [2.75, 3.05) is 16.8 Å². The number of anilines is 2. The number of aryl methyl sites for hydroxylation is 1. The van der Waals surface area contributed by atoms with Crippen LogP contribution in [0.2, 0.25) is 0 Å². The van der Waals surface area contributed by atoms with Crippen LogP contribution in [0.4, 0.5) is 11.4 Å². The van der Waals surface area contributed by atoms with Crippen LogP contribution >= 0.6 is 11.3 Å². The van der Waals surface area contributed by atoms with Gasteiger partial charge in [0.2, 0.25) is 0 Å². The summed E-state index contributed by atoms with van der Waals surface area (Å²) in [6.45, 7) is 4.35. The lowest BCUT2D eigenvalue weighted by Gasteiger charge is -2.17. The number of amides is 2. The fourth-order valence-electron chi connectivity index (χ4n) is 3.30. The van der Waals surface area contributed by atoms with E-state index in [0.29, 0.717) is 29.3 Å². The normalized spacial score (nSPS) is 13.9. The Morgan fingerprint density at radius 2 is 1.83 bits per heavy atom. The van der Waals surface area contributed by atoms with E-state index in [-0.39, 0.29) is 17.5 Å². The maximum Gasteiger partial charge on any atom is 0.282 e. The van der Waals surface area contributed by atoms with E-state index >= 15 is 0 Å². The van der Waals surface area contributed by atoms with Crippen LogP contribution in [0.25, 0.3) is 5.57 Å². The van der Waals surface area contributed by atoms with Crippen LogP contribution in [0.3, 0.4) is 0 Å². The SMILES string of the molecule is CCOc1cccc(NC2=C(c3cccs3)C(=O)N(c3ccccc3C)C2=O)c1. The molecule has 2 amide bonds. The second-order valence-electron chi connectivity index (χ2n) is 6.55. The number of nitrogens with zero attached hydrogens (tertiary/aromatic N) is 1. The van der Waals surface area contributed by atoms with E-state index in [1.165, 1.54) is 16.2 Å². The monoisotopic (exact) mass is 404 g/mol. The smallest absolute Gasteiger partial charge is 0.282 e. The first-order valence-electron chi connectivity index (χ1n) is 9.32. The molecule has 29 heavy (non-hydrogen) atoms. The average molecular weight is 404 g/mol. The first-order valence-corrected chi connectivity index (χ1v) is 10.2. The van der Waals surface area contributed by atoms with Crippen molar-refractivity contribution in [3.8, 4) is 5.75 Å². The van der Waals surface area contributed by atoms with Gasteiger partial charge in [-0.2, -0.15) is 0 Å². The molecule has 0 bridgehead atoms. The van der Waals surface area contributed by atoms with Gasteiger partial charge in [-0.1, -0.05) is 30.3 Å². The molecule has 2 heterocycles. The Labute approximate surface area is 173 Å². The lowest BCUT2D eigenvalue weighted by molar-refractivity contribution is -0.120. The largest absolute Gasteiger partial charge is 0.494 e. The van der Waals surface area contributed by atoms with Gasteiger partial charge >= 0.3 is 0 Å². The number of carbonyl (C=O) groups is 2. The van der Waals surface area contributed by atoms with Crippen LogP contribution < -0.4 is 15.0 Å². The molecule has 1 aromatic heterocycles. The number of thiophene rings is 1. The number of para-hydroxylation sites is 1. The summed E-state index contributed by atoms with van der Waals surface area (Å²) >= 11 is 1.43. The third-order valence-electron chi connectivity index (χ3n) is 4.62. The van der Waals surface area contributed by atoms with Gasteiger partial charge in [-0.25, -0.2) is 4.90 Å². The van der Waals surface area contributed by atoms with Crippen molar-refractivity contribution in [3.05, 3.63) is 82.2 Å². The molecule has 4 rings (SSSR count). The molecule has 146 valence electrons. The highest BCUT2D eigenvalue weighted by Crippen LogP contribution is 2.36. The summed E-state index contributed by atoms with van der Waals surface area (Å²) < 4.78 is 5.55. The van der Waals surface area contributed by atoms with E-state index in [0.717, 1.165) is 10.4 Å². The molecule has 1 N–H and O–H groups in total. The van der Waals surface area contributed by atoms with Crippen LogP contribution in [-0.4, -0.2) is 18.4 Å². The molecule has 2 aromatic carbocycles. The number of ether oxygens (including phenoxy) is 1. The van der Waals surface area contributed by atoms with Crippen molar-refractivity contribution in [1.29, 1.82) is 0 Å². The van der Waals surface area contributed by atoms with Crippen LogP contribution in [0.15, 0.2) is 71.7 Å². The minimum atomic E-state index is -0.366. The number of hydrogen-bond donors (Lipinski definition) is 1. The van der Waals surface area contributed by atoms with Crippen molar-refractivity contribution in [2.45, 2.75) is 13.8 Å². The van der Waals surface area contributed by atoms with Crippen molar-refractivity contribution in [2.24, 2.45) is 0 Å². The van der Waals surface area contributed by atoms with Gasteiger partial charge in [0.15, 0.2) is 0 Å². The van der Waals surface area contributed by atoms with E-state index in [4.69, 9.17) is 4.74 Å². The van der Waals surface area contributed by atoms with Crippen LogP contribution in [0.5, 0.6) is 5.75 Å². The fraction of sp³-hybridized carbons (Fsp3) is 0.130. The third-order valence-corrected chi connectivity index (χ3v) is 5.51. The minimum Gasteiger partial charge on any atom is -0.494 e. The lowest BCUT2D eigenvalue weighted by Crippen LogP contribution is -2.32. The van der Waals surface area contributed by atoms with E-state index in [2.05, 4.69) is 5.32 Å². The zero-order valence-corrected chi connectivity index (χ0v) is 17.0. The van der Waals surface area contributed by atoms with Gasteiger partial charge in [0.1, 0.15) is 11.4 Å². The summed E-state index contributed by atoms with van der Waals surface area (Å²) in [6, 6.07) is 18.5.